The average molecular weight is 347 g/mol. The molecule has 0 amide bonds. The van der Waals surface area contributed by atoms with Gasteiger partial charge in [0.05, 0.1) is 25.9 Å². The Morgan fingerprint density at radius 2 is 1.84 bits per heavy atom. The van der Waals surface area contributed by atoms with Gasteiger partial charge in [-0.3, -0.25) is 0 Å². The molecule has 0 bridgehead atoms. The minimum Gasteiger partial charge on any atom is -0.494 e. The van der Waals surface area contributed by atoms with Crippen LogP contribution in [0.5, 0.6) is 11.5 Å². The van der Waals surface area contributed by atoms with E-state index in [9.17, 15) is 10.1 Å². The molecule has 1 aromatic rings. The lowest BCUT2D eigenvalue weighted by atomic mass is 9.91. The Morgan fingerprint density at radius 3 is 2.40 bits per heavy atom. The largest absolute Gasteiger partial charge is 0.494 e. The van der Waals surface area contributed by atoms with Crippen molar-refractivity contribution in [1.29, 1.82) is 5.26 Å². The van der Waals surface area contributed by atoms with E-state index in [1.807, 2.05) is 13.0 Å². The van der Waals surface area contributed by atoms with E-state index >= 15 is 0 Å². The molecule has 1 aliphatic rings. The van der Waals surface area contributed by atoms with Gasteiger partial charge in [-0.1, -0.05) is 26.7 Å². The zero-order valence-electron chi connectivity index (χ0n) is 14.8. The van der Waals surface area contributed by atoms with Crippen molar-refractivity contribution in [2.24, 2.45) is 5.41 Å². The van der Waals surface area contributed by atoms with Crippen LogP contribution in [0.4, 0.5) is 0 Å². The molecule has 1 saturated heterocycles. The van der Waals surface area contributed by atoms with Gasteiger partial charge >= 0.3 is 5.97 Å². The van der Waals surface area contributed by atoms with Gasteiger partial charge in [0, 0.05) is 0 Å². The molecule has 1 aromatic carbocycles. The molecule has 0 atom stereocenters. The molecule has 25 heavy (non-hydrogen) atoms. The fourth-order valence-corrected chi connectivity index (χ4v) is 2.33. The van der Waals surface area contributed by atoms with Gasteiger partial charge in [-0.15, -0.1) is 0 Å². The first-order valence-corrected chi connectivity index (χ1v) is 8.73. The van der Waals surface area contributed by atoms with E-state index in [0.717, 1.165) is 31.4 Å². The quantitative estimate of drug-likeness (QED) is 0.407. The van der Waals surface area contributed by atoms with Gasteiger partial charge in [0.1, 0.15) is 11.5 Å². The summed E-state index contributed by atoms with van der Waals surface area (Å²) in [5, 5.41) is 9.44. The minimum atomic E-state index is -1.43. The van der Waals surface area contributed by atoms with Crippen molar-refractivity contribution < 1.29 is 23.7 Å². The molecule has 0 aliphatic carbocycles. The van der Waals surface area contributed by atoms with Crippen molar-refractivity contribution in [1.82, 2.24) is 0 Å². The highest BCUT2D eigenvalue weighted by atomic mass is 16.7. The number of esters is 1. The molecule has 0 radical (unpaired) electrons. The molecule has 0 spiro atoms. The lowest BCUT2D eigenvalue weighted by Crippen LogP contribution is -2.48. The van der Waals surface area contributed by atoms with Crippen molar-refractivity contribution in [2.75, 3.05) is 19.8 Å². The zero-order valence-corrected chi connectivity index (χ0v) is 14.8. The number of carbonyl (C=O) groups is 1. The van der Waals surface area contributed by atoms with Crippen molar-refractivity contribution in [3.8, 4) is 17.6 Å². The number of hydrogen-bond donors (Lipinski definition) is 0. The minimum absolute atomic E-state index is 0.0226. The summed E-state index contributed by atoms with van der Waals surface area (Å²) < 4.78 is 21.9. The van der Waals surface area contributed by atoms with E-state index in [1.54, 1.807) is 24.3 Å². The van der Waals surface area contributed by atoms with Crippen LogP contribution in [0.2, 0.25) is 0 Å². The summed E-state index contributed by atoms with van der Waals surface area (Å²) in [5.41, 5.74) is -1.43. The van der Waals surface area contributed by atoms with Gasteiger partial charge in [0.25, 0.3) is 0 Å². The van der Waals surface area contributed by atoms with Crippen LogP contribution in [0.15, 0.2) is 24.3 Å². The Bertz CT molecular complexity index is 585. The van der Waals surface area contributed by atoms with Gasteiger partial charge in [-0.05, 0) is 37.1 Å². The maximum Gasteiger partial charge on any atom is 0.336 e. The van der Waals surface area contributed by atoms with Gasteiger partial charge in [0.15, 0.2) is 6.29 Å². The molecule has 0 unspecified atom stereocenters. The van der Waals surface area contributed by atoms with Crippen LogP contribution >= 0.6 is 0 Å². The predicted octanol–water partition coefficient (Wildman–Crippen LogP) is 3.45. The molecule has 1 heterocycles. The normalized spacial score (nSPS) is 22.8. The van der Waals surface area contributed by atoms with E-state index in [-0.39, 0.29) is 19.5 Å². The number of benzene rings is 1. The third-order valence-electron chi connectivity index (χ3n) is 3.96. The Hall–Kier alpha value is -2.10. The van der Waals surface area contributed by atoms with Crippen LogP contribution in [0.1, 0.15) is 39.5 Å². The van der Waals surface area contributed by atoms with Crippen molar-refractivity contribution >= 4 is 5.97 Å². The maximum absolute atomic E-state index is 12.4. The molecule has 136 valence electrons. The fraction of sp³-hybridized carbons (Fsp3) is 0.579. The highest BCUT2D eigenvalue weighted by Crippen LogP contribution is 2.28. The molecule has 0 saturated carbocycles. The van der Waals surface area contributed by atoms with E-state index in [1.165, 1.54) is 0 Å². The summed E-state index contributed by atoms with van der Waals surface area (Å²) in [7, 11) is 0. The topological polar surface area (TPSA) is 77.8 Å². The molecular formula is C19H25NO5. The molecular weight excluding hydrogens is 322 g/mol. The number of rotatable bonds is 8. The monoisotopic (exact) mass is 347 g/mol. The summed E-state index contributed by atoms with van der Waals surface area (Å²) in [4.78, 5) is 12.4. The molecule has 6 nitrogen and oxygen atoms in total. The number of nitrogens with zero attached hydrogens (tertiary/aromatic N) is 1. The van der Waals surface area contributed by atoms with E-state index in [0.29, 0.717) is 12.4 Å². The van der Waals surface area contributed by atoms with Gasteiger partial charge in [-0.25, -0.2) is 4.79 Å². The summed E-state index contributed by atoms with van der Waals surface area (Å²) in [6.45, 7) is 4.72. The summed E-state index contributed by atoms with van der Waals surface area (Å²) in [6.07, 6.45) is 3.33. The van der Waals surface area contributed by atoms with Gasteiger partial charge in [0.2, 0.25) is 5.41 Å². The third-order valence-corrected chi connectivity index (χ3v) is 3.96. The molecule has 0 aromatic heterocycles. The predicted molar refractivity (Wildman–Crippen MR) is 91.1 cm³/mol. The van der Waals surface area contributed by atoms with Gasteiger partial charge < -0.3 is 18.9 Å². The summed E-state index contributed by atoms with van der Waals surface area (Å²) in [6, 6.07) is 8.77. The number of hydrogen-bond acceptors (Lipinski definition) is 6. The average Bonchev–Trinajstić information content (AvgIpc) is 2.64. The van der Waals surface area contributed by atoms with Crippen LogP contribution in [-0.4, -0.2) is 32.1 Å². The SMILES string of the molecule is CCCCOc1ccc(OC(=O)[C@]2(C#N)CO[C@H](CCC)OC2)cc1. The van der Waals surface area contributed by atoms with E-state index < -0.39 is 11.4 Å². The Labute approximate surface area is 148 Å². The highest BCUT2D eigenvalue weighted by Gasteiger charge is 2.46. The molecule has 6 heteroatoms. The molecule has 0 N–H and O–H groups in total. The Balaban J connectivity index is 1.92. The first-order chi connectivity index (χ1) is 12.1. The standard InChI is InChI=1S/C19H25NO5/c1-3-5-11-22-15-7-9-16(10-8-15)25-18(21)19(12-20)13-23-17(6-4-2)24-14-19/h7-10,17H,3-6,11,13-14H2,1-2H3/t17-,19+. The second kappa shape index (κ2) is 9.40. The summed E-state index contributed by atoms with van der Waals surface area (Å²) in [5.74, 6) is 0.415. The third kappa shape index (κ3) is 5.18. The molecule has 1 aliphatic heterocycles. The van der Waals surface area contributed by atoms with Crippen LogP contribution in [-0.2, 0) is 14.3 Å². The molecule has 1 fully saturated rings. The fourth-order valence-electron chi connectivity index (χ4n) is 2.33. The van der Waals surface area contributed by atoms with Crippen LogP contribution in [0.3, 0.4) is 0 Å². The first-order valence-electron chi connectivity index (χ1n) is 8.73. The highest BCUT2D eigenvalue weighted by molar-refractivity contribution is 5.82. The molecule has 2 rings (SSSR count). The van der Waals surface area contributed by atoms with Crippen molar-refractivity contribution in [2.45, 2.75) is 45.8 Å². The van der Waals surface area contributed by atoms with Crippen molar-refractivity contribution in [3.05, 3.63) is 24.3 Å². The number of carbonyl (C=O) groups excluding carboxylic acids is 1. The van der Waals surface area contributed by atoms with E-state index in [4.69, 9.17) is 18.9 Å². The zero-order chi connectivity index (χ0) is 18.1. The van der Waals surface area contributed by atoms with Crippen LogP contribution in [0, 0.1) is 16.7 Å². The number of nitriles is 1. The van der Waals surface area contributed by atoms with Crippen LogP contribution < -0.4 is 9.47 Å². The second-order valence-corrected chi connectivity index (χ2v) is 6.10. The lowest BCUT2D eigenvalue weighted by Gasteiger charge is -2.33. The lowest BCUT2D eigenvalue weighted by molar-refractivity contribution is -0.222. The Kier molecular flexibility index (Phi) is 7.23. The van der Waals surface area contributed by atoms with Crippen molar-refractivity contribution in [3.63, 3.8) is 0 Å². The summed E-state index contributed by atoms with van der Waals surface area (Å²) >= 11 is 0. The first kappa shape index (κ1) is 19.2. The number of ether oxygens (including phenoxy) is 4. The number of unbranched alkanes of at least 4 members (excludes halogenated alkanes) is 1. The Morgan fingerprint density at radius 1 is 1.20 bits per heavy atom. The van der Waals surface area contributed by atoms with Gasteiger partial charge in [-0.2, -0.15) is 5.26 Å². The van der Waals surface area contributed by atoms with Crippen LogP contribution in [0.25, 0.3) is 0 Å². The maximum atomic E-state index is 12.4. The smallest absolute Gasteiger partial charge is 0.336 e. The van der Waals surface area contributed by atoms with E-state index in [2.05, 4.69) is 6.92 Å². The second-order valence-electron chi connectivity index (χ2n) is 6.10.